The van der Waals surface area contributed by atoms with Crippen LogP contribution in [0.25, 0.3) is 0 Å². The Morgan fingerprint density at radius 1 is 1.23 bits per heavy atom. The second kappa shape index (κ2) is 3.47. The molecule has 1 aromatic rings. The van der Waals surface area contributed by atoms with E-state index >= 15 is 0 Å². The summed E-state index contributed by atoms with van der Waals surface area (Å²) >= 11 is 0. The monoisotopic (exact) mass is 227 g/mol. The Bertz CT molecular complexity index is 392. The van der Waals surface area contributed by atoms with Gasteiger partial charge in [-0.2, -0.15) is 8.42 Å². The second-order valence-corrected chi connectivity index (χ2v) is 4.45. The van der Waals surface area contributed by atoms with E-state index in [1.165, 1.54) is 0 Å². The van der Waals surface area contributed by atoms with Crippen LogP contribution in [-0.2, 0) is 9.24 Å². The summed E-state index contributed by atoms with van der Waals surface area (Å²) in [5.41, 5.74) is -0.351. The molecule has 0 spiro atoms. The minimum absolute atomic E-state index is 0.351. The van der Waals surface area contributed by atoms with Crippen LogP contribution in [0.5, 0.6) is 0 Å². The Morgan fingerprint density at radius 3 is 2.08 bits per heavy atom. The molecular formula is C6H4ClF2NO2S. The predicted molar refractivity (Wildman–Crippen MR) is 44.8 cm³/mol. The van der Waals surface area contributed by atoms with Gasteiger partial charge in [0.25, 0.3) is 0 Å². The molecule has 1 rings (SSSR count). The van der Waals surface area contributed by atoms with Gasteiger partial charge in [0.1, 0.15) is 5.82 Å². The van der Waals surface area contributed by atoms with Crippen LogP contribution in [-0.4, -0.2) is 8.42 Å². The van der Waals surface area contributed by atoms with Gasteiger partial charge in [-0.3, -0.25) is 0 Å². The maximum Gasteiger partial charge on any atom is 0.348 e. The third-order valence-electron chi connectivity index (χ3n) is 1.22. The average molecular weight is 228 g/mol. The normalized spacial score (nSPS) is 11.3. The van der Waals surface area contributed by atoms with Crippen molar-refractivity contribution in [3.63, 3.8) is 0 Å². The molecule has 1 aromatic carbocycles. The van der Waals surface area contributed by atoms with E-state index in [0.717, 1.165) is 24.3 Å². The summed E-state index contributed by atoms with van der Waals surface area (Å²) in [4.78, 5) is 0. The van der Waals surface area contributed by atoms with Crippen LogP contribution in [0.15, 0.2) is 24.3 Å². The summed E-state index contributed by atoms with van der Waals surface area (Å²) in [6.07, 6.45) is 0. The molecule has 0 bridgehead atoms. The molecule has 0 amide bonds. The second-order valence-electron chi connectivity index (χ2n) is 2.13. The SMILES string of the molecule is O=S(=O)(Cl)N(F)c1ccc(F)cc1. The first-order valence-electron chi connectivity index (χ1n) is 3.07. The van der Waals surface area contributed by atoms with Crippen LogP contribution in [0.2, 0.25) is 0 Å². The quantitative estimate of drug-likeness (QED) is 0.573. The number of benzene rings is 1. The van der Waals surface area contributed by atoms with E-state index < -0.39 is 19.6 Å². The van der Waals surface area contributed by atoms with Crippen molar-refractivity contribution in [2.24, 2.45) is 0 Å². The predicted octanol–water partition coefficient (Wildman–Crippen LogP) is 2.00. The molecule has 0 N–H and O–H groups in total. The van der Waals surface area contributed by atoms with Gasteiger partial charge in [-0.25, -0.2) is 4.39 Å². The van der Waals surface area contributed by atoms with E-state index in [1.807, 2.05) is 0 Å². The van der Waals surface area contributed by atoms with Gasteiger partial charge < -0.3 is 0 Å². The molecule has 0 aliphatic heterocycles. The van der Waals surface area contributed by atoms with E-state index in [4.69, 9.17) is 0 Å². The van der Waals surface area contributed by atoms with Gasteiger partial charge in [0.15, 0.2) is 0 Å². The number of nitrogens with zero attached hydrogens (tertiary/aromatic N) is 1. The van der Waals surface area contributed by atoms with Crippen molar-refractivity contribution in [3.8, 4) is 0 Å². The number of rotatable bonds is 2. The molecule has 0 saturated carbocycles. The first kappa shape index (κ1) is 10.2. The van der Waals surface area contributed by atoms with Gasteiger partial charge in [0, 0.05) is 10.7 Å². The lowest BCUT2D eigenvalue weighted by Gasteiger charge is -2.07. The van der Waals surface area contributed by atoms with Gasteiger partial charge >= 0.3 is 9.24 Å². The number of hydrogen-bond acceptors (Lipinski definition) is 2. The summed E-state index contributed by atoms with van der Waals surface area (Å²) in [5, 5.41) is 0. The standard InChI is InChI=1S/C6H4ClF2NO2S/c7-13(11,12)10(9)6-3-1-5(8)2-4-6/h1-4H. The third-order valence-corrected chi connectivity index (χ3v) is 2.18. The van der Waals surface area contributed by atoms with Crippen LogP contribution < -0.4 is 4.53 Å². The van der Waals surface area contributed by atoms with Gasteiger partial charge in [0.05, 0.1) is 5.69 Å². The number of hydrogen-bond donors (Lipinski definition) is 0. The molecule has 0 heterocycles. The Kier molecular flexibility index (Phi) is 2.72. The van der Waals surface area contributed by atoms with Crippen LogP contribution in [0, 0.1) is 5.82 Å². The van der Waals surface area contributed by atoms with Crippen molar-refractivity contribution in [1.29, 1.82) is 0 Å². The van der Waals surface area contributed by atoms with Crippen molar-refractivity contribution < 1.29 is 17.3 Å². The van der Waals surface area contributed by atoms with Crippen LogP contribution in [0.4, 0.5) is 14.6 Å². The molecule has 0 radical (unpaired) electrons. The zero-order valence-corrected chi connectivity index (χ0v) is 7.69. The van der Waals surface area contributed by atoms with E-state index in [1.54, 1.807) is 0 Å². The van der Waals surface area contributed by atoms with E-state index in [2.05, 4.69) is 10.7 Å². The van der Waals surface area contributed by atoms with Crippen molar-refractivity contribution in [2.75, 3.05) is 4.53 Å². The molecule has 0 atom stereocenters. The minimum atomic E-state index is -4.45. The smallest absolute Gasteiger partial charge is 0.207 e. The topological polar surface area (TPSA) is 37.4 Å². The Labute approximate surface area is 78.0 Å². The fourth-order valence-electron chi connectivity index (χ4n) is 0.684. The minimum Gasteiger partial charge on any atom is -0.207 e. The molecule has 7 heteroatoms. The zero-order valence-electron chi connectivity index (χ0n) is 6.12. The molecular weight excluding hydrogens is 224 g/mol. The summed E-state index contributed by atoms with van der Waals surface area (Å²) in [7, 11) is 0.235. The Morgan fingerprint density at radius 2 is 1.69 bits per heavy atom. The summed E-state index contributed by atoms with van der Waals surface area (Å²) in [5.74, 6) is -0.593. The lowest BCUT2D eigenvalue weighted by atomic mass is 10.3. The van der Waals surface area contributed by atoms with Crippen LogP contribution in [0.1, 0.15) is 0 Å². The molecule has 0 aromatic heterocycles. The zero-order chi connectivity index (χ0) is 10.1. The highest BCUT2D eigenvalue weighted by atomic mass is 35.7. The van der Waals surface area contributed by atoms with Crippen molar-refractivity contribution in [3.05, 3.63) is 30.1 Å². The summed E-state index contributed by atoms with van der Waals surface area (Å²) in [6.45, 7) is 0. The third kappa shape index (κ3) is 2.53. The van der Waals surface area contributed by atoms with E-state index in [0.29, 0.717) is 0 Å². The van der Waals surface area contributed by atoms with Crippen molar-refractivity contribution >= 4 is 25.6 Å². The molecule has 0 fully saturated rings. The highest BCUT2D eigenvalue weighted by Crippen LogP contribution is 2.20. The molecule has 0 saturated heterocycles. The summed E-state index contributed by atoms with van der Waals surface area (Å²) < 4.78 is 45.3. The highest BCUT2D eigenvalue weighted by Gasteiger charge is 2.18. The van der Waals surface area contributed by atoms with Crippen molar-refractivity contribution in [2.45, 2.75) is 0 Å². The van der Waals surface area contributed by atoms with Gasteiger partial charge in [-0.05, 0) is 24.3 Å². The lowest BCUT2D eigenvalue weighted by molar-refractivity contribution is 0.503. The Hall–Kier alpha value is -0.880. The number of anilines is 1. The van der Waals surface area contributed by atoms with Crippen molar-refractivity contribution in [1.82, 2.24) is 0 Å². The maximum absolute atomic E-state index is 12.8. The molecule has 0 aliphatic carbocycles. The van der Waals surface area contributed by atoms with Gasteiger partial charge in [-0.1, -0.05) is 9.01 Å². The lowest BCUT2D eigenvalue weighted by Crippen LogP contribution is -2.15. The highest BCUT2D eigenvalue weighted by molar-refractivity contribution is 8.14. The first-order chi connectivity index (χ1) is 5.91. The molecule has 3 nitrogen and oxygen atoms in total. The molecule has 13 heavy (non-hydrogen) atoms. The average Bonchev–Trinajstić information content (AvgIpc) is 2.03. The first-order valence-corrected chi connectivity index (χ1v) is 5.34. The van der Waals surface area contributed by atoms with Gasteiger partial charge in [-0.15, -0.1) is 0 Å². The van der Waals surface area contributed by atoms with Crippen LogP contribution in [0.3, 0.4) is 0 Å². The molecule has 72 valence electrons. The maximum atomic E-state index is 12.8. The van der Waals surface area contributed by atoms with Crippen LogP contribution >= 0.6 is 10.7 Å². The molecule has 0 aliphatic rings. The summed E-state index contributed by atoms with van der Waals surface area (Å²) in [6, 6.07) is 3.75. The molecule has 0 unspecified atom stereocenters. The number of halogens is 3. The van der Waals surface area contributed by atoms with E-state index in [9.17, 15) is 17.3 Å². The fraction of sp³-hybridized carbons (Fsp3) is 0. The van der Waals surface area contributed by atoms with E-state index in [-0.39, 0.29) is 5.69 Å². The largest absolute Gasteiger partial charge is 0.348 e. The fourth-order valence-corrected chi connectivity index (χ4v) is 1.30. The van der Waals surface area contributed by atoms with Gasteiger partial charge in [0.2, 0.25) is 0 Å². The Balaban J connectivity index is 3.04.